The van der Waals surface area contributed by atoms with Gasteiger partial charge in [-0.15, -0.1) is 0 Å². The monoisotopic (exact) mass is 623 g/mol. The van der Waals surface area contributed by atoms with E-state index in [-0.39, 0.29) is 24.3 Å². The van der Waals surface area contributed by atoms with Gasteiger partial charge < -0.3 is 30.3 Å². The Bertz CT molecular complexity index is 1290. The van der Waals surface area contributed by atoms with Gasteiger partial charge in [-0.05, 0) is 63.0 Å². The molecule has 2 aromatic heterocycles. The number of Topliss-reactive ketones (excluding diaryl/α,β-unsaturated/α-hetero) is 1. The highest BCUT2D eigenvalue weighted by atomic mass is 16.6. The largest absolute Gasteiger partial charge is 0.447 e. The number of rotatable bonds is 14. The molecule has 1 saturated heterocycles. The maximum absolute atomic E-state index is 13.3. The summed E-state index contributed by atoms with van der Waals surface area (Å²) < 4.78 is 10.8. The standard InChI is InChI=1S/C34H53N7O4/c1-7-8-18-44-19-20-45-33(43)40-28(29(42)21-34(4,5)6)22-36-30-23(2)32(38-24(3)37-30)41-16-13-25(14-17-41)27-12-11-26-10-9-15-35-31(26)39-27/h11-12,25,28H,7-10,13-22H2,1-6H3,(H,35,39)(H,40,43)(H,36,37,38)/t28-/m0/s1. The maximum atomic E-state index is 13.3. The van der Waals surface area contributed by atoms with Crippen LogP contribution in [0.3, 0.4) is 0 Å². The maximum Gasteiger partial charge on any atom is 0.407 e. The average molecular weight is 624 g/mol. The van der Waals surface area contributed by atoms with Crippen LogP contribution in [0.4, 0.5) is 22.2 Å². The van der Waals surface area contributed by atoms with Gasteiger partial charge in [0, 0.05) is 56.4 Å². The summed E-state index contributed by atoms with van der Waals surface area (Å²) in [5.74, 6) is 3.61. The van der Waals surface area contributed by atoms with Crippen molar-refractivity contribution in [3.05, 3.63) is 34.8 Å². The molecule has 1 atom stereocenters. The second-order valence-electron chi connectivity index (χ2n) is 13.5. The Hall–Kier alpha value is -3.47. The number of aryl methyl sites for hydroxylation is 2. The molecular formula is C34H53N7O4. The number of carbonyl (C=O) groups excluding carboxylic acids is 2. The summed E-state index contributed by atoms with van der Waals surface area (Å²) in [7, 11) is 0. The van der Waals surface area contributed by atoms with E-state index in [0.29, 0.717) is 37.2 Å². The number of ether oxygens (including phenoxy) is 2. The summed E-state index contributed by atoms with van der Waals surface area (Å²) in [6.45, 7) is 16.0. The van der Waals surface area contributed by atoms with Crippen LogP contribution in [-0.2, 0) is 20.7 Å². The number of carbonyl (C=O) groups is 2. The Morgan fingerprint density at radius 3 is 2.60 bits per heavy atom. The molecule has 2 aliphatic heterocycles. The molecule has 0 bridgehead atoms. The van der Waals surface area contributed by atoms with E-state index < -0.39 is 12.1 Å². The molecule has 0 saturated carbocycles. The van der Waals surface area contributed by atoms with E-state index in [1.54, 1.807) is 0 Å². The van der Waals surface area contributed by atoms with Crippen LogP contribution in [0.1, 0.15) is 94.8 Å². The number of hydrogen-bond donors (Lipinski definition) is 3. The van der Waals surface area contributed by atoms with Gasteiger partial charge in [0.15, 0.2) is 5.78 Å². The van der Waals surface area contributed by atoms with E-state index >= 15 is 0 Å². The zero-order chi connectivity index (χ0) is 32.4. The highest BCUT2D eigenvalue weighted by Gasteiger charge is 2.28. The van der Waals surface area contributed by atoms with Crippen molar-refractivity contribution in [2.24, 2.45) is 5.41 Å². The van der Waals surface area contributed by atoms with Crippen LogP contribution in [0.15, 0.2) is 12.1 Å². The second-order valence-corrected chi connectivity index (χ2v) is 13.5. The minimum absolute atomic E-state index is 0.0668. The zero-order valence-electron chi connectivity index (χ0n) is 28.1. The SMILES string of the molecule is CCCCOCCOC(=O)N[C@@H](CNc1nc(C)nc(N2CCC(c3ccc4c(n3)NCCC4)CC2)c1C)C(=O)CC(C)(C)C. The fraction of sp³-hybridized carbons (Fsp3) is 0.676. The van der Waals surface area contributed by atoms with Crippen molar-refractivity contribution in [1.29, 1.82) is 0 Å². The molecule has 0 unspecified atom stereocenters. The molecule has 4 heterocycles. The summed E-state index contributed by atoms with van der Waals surface area (Å²) >= 11 is 0. The van der Waals surface area contributed by atoms with Gasteiger partial charge in [-0.1, -0.05) is 40.2 Å². The summed E-state index contributed by atoms with van der Waals surface area (Å²) in [5.41, 5.74) is 3.18. The lowest BCUT2D eigenvalue weighted by molar-refractivity contribution is -0.122. The lowest BCUT2D eigenvalue weighted by Crippen LogP contribution is -2.46. The first-order valence-electron chi connectivity index (χ1n) is 16.7. The van der Waals surface area contributed by atoms with E-state index in [1.807, 2.05) is 34.6 Å². The number of unbranched alkanes of at least 4 members (excludes halogenated alkanes) is 1. The van der Waals surface area contributed by atoms with Crippen molar-refractivity contribution < 1.29 is 19.1 Å². The van der Waals surface area contributed by atoms with Crippen molar-refractivity contribution in [3.8, 4) is 0 Å². The van der Waals surface area contributed by atoms with Crippen molar-refractivity contribution in [2.45, 2.75) is 98.4 Å². The van der Waals surface area contributed by atoms with Gasteiger partial charge in [0.05, 0.1) is 6.61 Å². The molecule has 248 valence electrons. The van der Waals surface area contributed by atoms with Gasteiger partial charge in [-0.25, -0.2) is 19.7 Å². The summed E-state index contributed by atoms with van der Waals surface area (Å²) in [6, 6.07) is 3.67. The molecule has 11 heteroatoms. The van der Waals surface area contributed by atoms with Crippen molar-refractivity contribution in [3.63, 3.8) is 0 Å². The quantitative estimate of drug-likeness (QED) is 0.230. The van der Waals surface area contributed by atoms with Crippen LogP contribution in [0.2, 0.25) is 0 Å². The van der Waals surface area contributed by atoms with Gasteiger partial charge in [0.25, 0.3) is 0 Å². The first kappa shape index (κ1) is 34.4. The number of anilines is 3. The number of amides is 1. The number of ketones is 1. The molecule has 1 amide bonds. The van der Waals surface area contributed by atoms with Crippen molar-refractivity contribution in [1.82, 2.24) is 20.3 Å². The lowest BCUT2D eigenvalue weighted by Gasteiger charge is -2.34. The highest BCUT2D eigenvalue weighted by molar-refractivity contribution is 5.88. The molecule has 0 radical (unpaired) electrons. The van der Waals surface area contributed by atoms with Crippen molar-refractivity contribution >= 4 is 29.3 Å². The smallest absolute Gasteiger partial charge is 0.407 e. The number of piperidine rings is 1. The van der Waals surface area contributed by atoms with Crippen LogP contribution in [-0.4, -0.2) is 78.9 Å². The molecule has 11 nitrogen and oxygen atoms in total. The van der Waals surface area contributed by atoms with Crippen LogP contribution in [0, 0.1) is 19.3 Å². The molecular weight excluding hydrogens is 570 g/mol. The molecule has 2 aromatic rings. The van der Waals surface area contributed by atoms with Gasteiger partial charge >= 0.3 is 6.09 Å². The number of pyridine rings is 1. The van der Waals surface area contributed by atoms with E-state index in [1.165, 1.54) is 11.3 Å². The Balaban J connectivity index is 1.38. The number of aromatic nitrogens is 3. The predicted molar refractivity (Wildman–Crippen MR) is 178 cm³/mol. The zero-order valence-corrected chi connectivity index (χ0v) is 28.1. The van der Waals surface area contributed by atoms with Gasteiger partial charge in [0.1, 0.15) is 35.9 Å². The summed E-state index contributed by atoms with van der Waals surface area (Å²) in [6.07, 6.45) is 5.94. The van der Waals surface area contributed by atoms with E-state index in [9.17, 15) is 9.59 Å². The Morgan fingerprint density at radius 2 is 1.87 bits per heavy atom. The van der Waals surface area contributed by atoms with Gasteiger partial charge in [-0.3, -0.25) is 4.79 Å². The van der Waals surface area contributed by atoms with E-state index in [2.05, 4.69) is 44.9 Å². The normalized spacial score (nSPS) is 16.0. The predicted octanol–water partition coefficient (Wildman–Crippen LogP) is 5.56. The molecule has 0 aromatic carbocycles. The minimum atomic E-state index is -0.773. The highest BCUT2D eigenvalue weighted by Crippen LogP contribution is 2.33. The topological polar surface area (TPSA) is 131 Å². The number of alkyl carbamates (subject to hydrolysis) is 1. The van der Waals surface area contributed by atoms with Crippen LogP contribution in [0.25, 0.3) is 0 Å². The third-order valence-corrected chi connectivity index (χ3v) is 8.32. The van der Waals surface area contributed by atoms with Crippen LogP contribution >= 0.6 is 0 Å². The Kier molecular flexibility index (Phi) is 12.4. The minimum Gasteiger partial charge on any atom is -0.447 e. The summed E-state index contributed by atoms with van der Waals surface area (Å²) in [4.78, 5) is 42.6. The van der Waals surface area contributed by atoms with Crippen LogP contribution < -0.4 is 20.9 Å². The third kappa shape index (κ3) is 10.3. The molecule has 4 rings (SSSR count). The average Bonchev–Trinajstić information content (AvgIpc) is 3.01. The summed E-state index contributed by atoms with van der Waals surface area (Å²) in [5, 5.41) is 9.58. The Labute approximate surface area is 268 Å². The first-order chi connectivity index (χ1) is 21.5. The van der Waals surface area contributed by atoms with Gasteiger partial charge in [0.2, 0.25) is 0 Å². The molecule has 0 spiro atoms. The fourth-order valence-corrected chi connectivity index (χ4v) is 5.87. The van der Waals surface area contributed by atoms with E-state index in [0.717, 1.165) is 75.4 Å². The second kappa shape index (κ2) is 16.2. The lowest BCUT2D eigenvalue weighted by atomic mass is 9.88. The molecule has 0 aliphatic carbocycles. The molecule has 2 aliphatic rings. The molecule has 3 N–H and O–H groups in total. The third-order valence-electron chi connectivity index (χ3n) is 8.32. The van der Waals surface area contributed by atoms with Crippen molar-refractivity contribution in [2.75, 3.05) is 61.5 Å². The fourth-order valence-electron chi connectivity index (χ4n) is 5.87. The molecule has 1 fully saturated rings. The van der Waals surface area contributed by atoms with Gasteiger partial charge in [-0.2, -0.15) is 0 Å². The number of fused-ring (bicyclic) bond motifs is 1. The number of nitrogens with zero attached hydrogens (tertiary/aromatic N) is 4. The van der Waals surface area contributed by atoms with E-state index in [4.69, 9.17) is 19.4 Å². The molecule has 45 heavy (non-hydrogen) atoms. The first-order valence-corrected chi connectivity index (χ1v) is 16.7. The van der Waals surface area contributed by atoms with Crippen LogP contribution in [0.5, 0.6) is 0 Å². The Morgan fingerprint density at radius 1 is 1.09 bits per heavy atom. The number of hydrogen-bond acceptors (Lipinski definition) is 10. The number of nitrogens with one attached hydrogen (secondary N) is 3.